The van der Waals surface area contributed by atoms with Crippen molar-refractivity contribution in [3.63, 3.8) is 0 Å². The summed E-state index contributed by atoms with van der Waals surface area (Å²) < 4.78 is 29.7. The van der Waals surface area contributed by atoms with Gasteiger partial charge in [-0.15, -0.1) is 0 Å². The van der Waals surface area contributed by atoms with Crippen molar-refractivity contribution in [3.05, 3.63) is 0 Å². The molecule has 15 heteroatoms. The zero-order valence-corrected chi connectivity index (χ0v) is 32.2. The van der Waals surface area contributed by atoms with Crippen LogP contribution in [0.2, 0.25) is 0 Å². The number of hydrogen-bond donors (Lipinski definition) is 3. The number of hydrogen-bond acceptors (Lipinski definition) is 11. The lowest BCUT2D eigenvalue weighted by Crippen LogP contribution is -2.39. The number of thioether (sulfide) groups is 1. The average Bonchev–Trinajstić information content (AvgIpc) is 3.61. The number of phosphoric ester groups is 1. The molecule has 49 heavy (non-hydrogen) atoms. The van der Waals surface area contributed by atoms with Gasteiger partial charge in [0.15, 0.2) is 0 Å². The Labute approximate surface area is 297 Å². The molecule has 2 amide bonds. The largest absolute Gasteiger partial charge is 0.472 e. The van der Waals surface area contributed by atoms with Gasteiger partial charge < -0.3 is 29.9 Å². The number of aliphatic hydroxyl groups is 1. The Morgan fingerprint density at radius 3 is 2.12 bits per heavy atom. The van der Waals surface area contributed by atoms with Crippen LogP contribution in [0.25, 0.3) is 0 Å². The standard InChI is InChI=1S/C34H62N3O10PS/c1-24(2)32(40)11-8-16-49-17-9-12-33(41)37-21-31(19-28(37)22-45-26(5)6)47-48(43,44)46-23-27-18-30(39)20-36(27)34(42)14-13-29(38)10-7-15-35-25(3)4/h24-28,30-31,35,39H,7-23H2,1-6H3,(H,43,44)/t27-,28-,30+,31+/m0/s1. The highest BCUT2D eigenvalue weighted by Crippen LogP contribution is 2.47. The molecule has 2 rings (SSSR count). The molecule has 13 nitrogen and oxygen atoms in total. The number of ether oxygens (including phenoxy) is 1. The molecule has 284 valence electrons. The molecule has 0 saturated carbocycles. The topological polar surface area (TPSA) is 172 Å². The Morgan fingerprint density at radius 1 is 0.837 bits per heavy atom. The molecule has 2 aliphatic rings. The third-order valence-electron chi connectivity index (χ3n) is 8.58. The number of likely N-dealkylation sites (tertiary alicyclic amines) is 2. The maximum atomic E-state index is 13.2. The summed E-state index contributed by atoms with van der Waals surface area (Å²) in [7, 11) is -4.58. The van der Waals surface area contributed by atoms with Crippen LogP contribution in [-0.4, -0.2) is 124 Å². The Morgan fingerprint density at radius 2 is 1.47 bits per heavy atom. The van der Waals surface area contributed by atoms with E-state index in [0.29, 0.717) is 44.6 Å². The monoisotopic (exact) mass is 735 g/mol. The predicted molar refractivity (Wildman–Crippen MR) is 190 cm³/mol. The van der Waals surface area contributed by atoms with Gasteiger partial charge in [-0.05, 0) is 64.0 Å². The van der Waals surface area contributed by atoms with E-state index in [1.165, 1.54) is 4.90 Å². The van der Waals surface area contributed by atoms with E-state index in [2.05, 4.69) is 5.32 Å². The summed E-state index contributed by atoms with van der Waals surface area (Å²) >= 11 is 1.72. The van der Waals surface area contributed by atoms with E-state index < -0.39 is 26.1 Å². The van der Waals surface area contributed by atoms with Crippen molar-refractivity contribution in [1.82, 2.24) is 15.1 Å². The molecule has 0 aromatic heterocycles. The van der Waals surface area contributed by atoms with Crippen molar-refractivity contribution in [3.8, 4) is 0 Å². The maximum Gasteiger partial charge on any atom is 0.472 e. The Hall–Kier alpha value is -1.38. The summed E-state index contributed by atoms with van der Waals surface area (Å²) in [6.07, 6.45) is 2.44. The number of ketones is 2. The number of carbonyl (C=O) groups is 4. The molecule has 2 aliphatic heterocycles. The van der Waals surface area contributed by atoms with E-state index in [9.17, 15) is 33.7 Å². The lowest BCUT2D eigenvalue weighted by Gasteiger charge is -2.26. The van der Waals surface area contributed by atoms with Gasteiger partial charge in [-0.2, -0.15) is 11.8 Å². The van der Waals surface area contributed by atoms with Gasteiger partial charge >= 0.3 is 7.82 Å². The van der Waals surface area contributed by atoms with Crippen LogP contribution in [0.5, 0.6) is 0 Å². The lowest BCUT2D eigenvalue weighted by atomic mass is 10.1. The van der Waals surface area contributed by atoms with Crippen molar-refractivity contribution in [2.75, 3.05) is 44.4 Å². The van der Waals surface area contributed by atoms with Crippen LogP contribution in [0.15, 0.2) is 0 Å². The first-order valence-corrected chi connectivity index (χ1v) is 20.6. The van der Waals surface area contributed by atoms with E-state index in [0.717, 1.165) is 24.5 Å². The first-order valence-electron chi connectivity index (χ1n) is 18.0. The van der Waals surface area contributed by atoms with Crippen LogP contribution in [-0.2, 0) is 37.5 Å². The molecular formula is C34H62N3O10PS. The Kier molecular flexibility index (Phi) is 20.1. The van der Waals surface area contributed by atoms with Gasteiger partial charge in [-0.1, -0.05) is 27.7 Å². The second-order valence-corrected chi connectivity index (χ2v) is 16.7. The highest BCUT2D eigenvalue weighted by Gasteiger charge is 2.41. The maximum absolute atomic E-state index is 13.2. The van der Waals surface area contributed by atoms with Crippen molar-refractivity contribution in [1.29, 1.82) is 0 Å². The van der Waals surface area contributed by atoms with Crippen LogP contribution in [0.3, 0.4) is 0 Å². The molecule has 0 bridgehead atoms. The smallest absolute Gasteiger partial charge is 0.391 e. The number of nitrogens with one attached hydrogen (secondary N) is 1. The van der Waals surface area contributed by atoms with E-state index in [1.807, 2.05) is 41.5 Å². The summed E-state index contributed by atoms with van der Waals surface area (Å²) in [6, 6.07) is -0.619. The fourth-order valence-corrected chi connectivity index (χ4v) is 7.72. The molecule has 2 heterocycles. The van der Waals surface area contributed by atoms with Crippen LogP contribution in [0.4, 0.5) is 0 Å². The average molecular weight is 736 g/mol. The van der Waals surface area contributed by atoms with Crippen molar-refractivity contribution in [2.24, 2.45) is 5.92 Å². The van der Waals surface area contributed by atoms with Gasteiger partial charge in [-0.25, -0.2) is 4.57 Å². The summed E-state index contributed by atoms with van der Waals surface area (Å²) in [6.45, 7) is 12.5. The van der Waals surface area contributed by atoms with E-state index in [1.54, 1.807) is 16.7 Å². The number of rotatable bonds is 25. The summed E-state index contributed by atoms with van der Waals surface area (Å²) in [5.41, 5.74) is 0. The highest BCUT2D eigenvalue weighted by atomic mass is 32.2. The van der Waals surface area contributed by atoms with Gasteiger partial charge in [0.1, 0.15) is 11.6 Å². The number of phosphoric acid groups is 1. The van der Waals surface area contributed by atoms with Gasteiger partial charge in [0.25, 0.3) is 0 Å². The van der Waals surface area contributed by atoms with Crippen molar-refractivity contribution < 1.29 is 47.5 Å². The Balaban J connectivity index is 1.83. The number of β-amino-alcohol motifs (C(OH)–C–C–N with tert-alkyl or cyclic N) is 1. The molecule has 2 fully saturated rings. The van der Waals surface area contributed by atoms with Crippen LogP contribution < -0.4 is 5.32 Å². The molecule has 0 aliphatic carbocycles. The zero-order chi connectivity index (χ0) is 36.6. The molecule has 0 radical (unpaired) electrons. The molecule has 0 aromatic rings. The van der Waals surface area contributed by atoms with Crippen LogP contribution >= 0.6 is 19.6 Å². The molecule has 0 aromatic carbocycles. The quantitative estimate of drug-likeness (QED) is 0.0907. The second-order valence-electron chi connectivity index (χ2n) is 14.1. The molecular weight excluding hydrogens is 673 g/mol. The fourth-order valence-electron chi connectivity index (χ4n) is 5.87. The summed E-state index contributed by atoms with van der Waals surface area (Å²) in [4.78, 5) is 63.9. The minimum absolute atomic E-state index is 0.00326. The second kappa shape index (κ2) is 22.5. The summed E-state index contributed by atoms with van der Waals surface area (Å²) in [5, 5.41) is 13.5. The normalized spacial score (nSPS) is 22.4. The lowest BCUT2D eigenvalue weighted by molar-refractivity contribution is -0.134. The van der Waals surface area contributed by atoms with E-state index in [-0.39, 0.29) is 87.0 Å². The Bertz CT molecular complexity index is 1090. The molecule has 5 atom stereocenters. The van der Waals surface area contributed by atoms with Gasteiger partial charge in [0, 0.05) is 57.2 Å². The van der Waals surface area contributed by atoms with Gasteiger partial charge in [0.05, 0.1) is 43.6 Å². The molecule has 0 spiro atoms. The summed E-state index contributed by atoms with van der Waals surface area (Å²) in [5.74, 6) is 1.58. The SMILES string of the molecule is CC(C)NCCCC(=O)CCC(=O)N1C[C@H](O)C[C@H]1COP(=O)(O)O[C@@H]1C[C@@H](COC(C)C)N(C(=O)CCCSCCCC(=O)C(C)C)C1. The number of Topliss-reactive ketones (excluding diaryl/α,β-unsaturated/α-hetero) is 2. The van der Waals surface area contributed by atoms with Crippen molar-refractivity contribution in [2.45, 2.75) is 142 Å². The van der Waals surface area contributed by atoms with Crippen molar-refractivity contribution >= 4 is 43.0 Å². The van der Waals surface area contributed by atoms with Gasteiger partial charge in [0.2, 0.25) is 11.8 Å². The van der Waals surface area contributed by atoms with E-state index in [4.69, 9.17) is 13.8 Å². The molecule has 1 unspecified atom stereocenters. The number of nitrogens with zero attached hydrogens (tertiary/aromatic N) is 2. The first-order chi connectivity index (χ1) is 23.1. The zero-order valence-electron chi connectivity index (χ0n) is 30.5. The number of aliphatic hydroxyl groups excluding tert-OH is 1. The van der Waals surface area contributed by atoms with Crippen LogP contribution in [0, 0.1) is 5.92 Å². The predicted octanol–water partition coefficient (Wildman–Crippen LogP) is 4.12. The number of amides is 2. The molecule has 3 N–H and O–H groups in total. The highest BCUT2D eigenvalue weighted by molar-refractivity contribution is 7.99. The fraction of sp³-hybridized carbons (Fsp3) is 0.882. The minimum Gasteiger partial charge on any atom is -0.391 e. The minimum atomic E-state index is -4.58. The molecule has 2 saturated heterocycles. The number of carbonyl (C=O) groups excluding carboxylic acids is 4. The first kappa shape index (κ1) is 43.8. The van der Waals surface area contributed by atoms with E-state index >= 15 is 0 Å². The third-order valence-corrected chi connectivity index (χ3v) is 10.8. The van der Waals surface area contributed by atoms with Crippen LogP contribution in [0.1, 0.15) is 106 Å². The van der Waals surface area contributed by atoms with Gasteiger partial charge in [-0.3, -0.25) is 28.2 Å². The third kappa shape index (κ3) is 17.6.